The van der Waals surface area contributed by atoms with Crippen molar-refractivity contribution in [3.63, 3.8) is 0 Å². The highest BCUT2D eigenvalue weighted by atomic mass is 32.2. The molecular formula is C21H37NO6S. The summed E-state index contributed by atoms with van der Waals surface area (Å²) in [4.78, 5) is 23.6. The van der Waals surface area contributed by atoms with Crippen molar-refractivity contribution in [1.82, 2.24) is 4.72 Å². The molecule has 1 saturated carbocycles. The van der Waals surface area contributed by atoms with Crippen LogP contribution in [-0.2, 0) is 19.6 Å². The van der Waals surface area contributed by atoms with Gasteiger partial charge in [-0.25, -0.2) is 8.42 Å². The Balaban J connectivity index is 2.35. The zero-order chi connectivity index (χ0) is 21.9. The normalized spacial score (nSPS) is 23.6. The molecule has 0 bridgehead atoms. The molecule has 0 aromatic carbocycles. The van der Waals surface area contributed by atoms with Crippen LogP contribution in [0.25, 0.3) is 0 Å². The van der Waals surface area contributed by atoms with Gasteiger partial charge in [0.2, 0.25) is 15.9 Å². The lowest BCUT2D eigenvalue weighted by molar-refractivity contribution is -0.120. The molecule has 1 aliphatic carbocycles. The average Bonchev–Trinajstić information content (AvgIpc) is 2.87. The van der Waals surface area contributed by atoms with E-state index in [0.717, 1.165) is 44.8 Å². The zero-order valence-corrected chi connectivity index (χ0v) is 18.5. The topological polar surface area (TPSA) is 121 Å². The molecular weight excluding hydrogens is 394 g/mol. The van der Waals surface area contributed by atoms with Crippen molar-refractivity contribution in [1.29, 1.82) is 0 Å². The van der Waals surface area contributed by atoms with Crippen LogP contribution in [0.4, 0.5) is 0 Å². The van der Waals surface area contributed by atoms with Crippen molar-refractivity contribution >= 4 is 21.7 Å². The minimum Gasteiger partial charge on any atom is -0.392 e. The summed E-state index contributed by atoms with van der Waals surface area (Å²) in [6.45, 7) is 2.11. The maximum Gasteiger partial charge on any atom is 0.233 e. The lowest BCUT2D eigenvalue weighted by atomic mass is 9.88. The molecule has 0 aromatic heterocycles. The van der Waals surface area contributed by atoms with Crippen LogP contribution < -0.4 is 4.72 Å². The van der Waals surface area contributed by atoms with Crippen LogP contribution in [0.2, 0.25) is 0 Å². The average molecular weight is 432 g/mol. The second-order valence-electron chi connectivity index (χ2n) is 8.13. The fourth-order valence-corrected chi connectivity index (χ4v) is 4.33. The lowest BCUT2D eigenvalue weighted by Gasteiger charge is -2.18. The molecule has 7 nitrogen and oxygen atoms in total. The van der Waals surface area contributed by atoms with E-state index >= 15 is 0 Å². The van der Waals surface area contributed by atoms with Gasteiger partial charge in [0, 0.05) is 18.8 Å². The van der Waals surface area contributed by atoms with Gasteiger partial charge in [-0.05, 0) is 25.2 Å². The molecule has 8 heteroatoms. The number of hydrogen-bond donors (Lipinski definition) is 3. The summed E-state index contributed by atoms with van der Waals surface area (Å²) < 4.78 is 23.9. The number of ketones is 1. The van der Waals surface area contributed by atoms with Gasteiger partial charge in [-0.3, -0.25) is 14.3 Å². The molecule has 3 N–H and O–H groups in total. The maximum absolute atomic E-state index is 12.2. The van der Waals surface area contributed by atoms with Gasteiger partial charge in [-0.15, -0.1) is 0 Å². The van der Waals surface area contributed by atoms with Crippen molar-refractivity contribution < 1.29 is 28.2 Å². The summed E-state index contributed by atoms with van der Waals surface area (Å²) in [5.74, 6) is -0.939. The molecule has 0 aliphatic heterocycles. The fraction of sp³-hybridized carbons (Fsp3) is 0.810. The van der Waals surface area contributed by atoms with Crippen molar-refractivity contribution in [2.45, 2.75) is 89.8 Å². The van der Waals surface area contributed by atoms with E-state index in [1.807, 2.05) is 4.72 Å². The molecule has 1 aliphatic rings. The molecule has 29 heavy (non-hydrogen) atoms. The maximum atomic E-state index is 12.2. The van der Waals surface area contributed by atoms with Gasteiger partial charge in [-0.2, -0.15) is 0 Å². The Labute approximate surface area is 175 Å². The van der Waals surface area contributed by atoms with Gasteiger partial charge < -0.3 is 10.2 Å². The summed E-state index contributed by atoms with van der Waals surface area (Å²) in [5, 5.41) is 20.3. The van der Waals surface area contributed by atoms with Gasteiger partial charge in [0.15, 0.2) is 0 Å². The number of nitrogens with one attached hydrogen (secondary N) is 1. The SMILES string of the molecule is CCCCC[C@H](O)/C=C/[C@H]1C(=O)C[C@H](O)[C@@H]1CCCCCCC(=O)NS(C)(=O)=O. The predicted octanol–water partition coefficient (Wildman–Crippen LogP) is 2.47. The Morgan fingerprint density at radius 3 is 2.55 bits per heavy atom. The first-order valence-corrected chi connectivity index (χ1v) is 12.6. The van der Waals surface area contributed by atoms with E-state index in [1.165, 1.54) is 0 Å². The molecule has 0 saturated heterocycles. The number of Topliss-reactive ketones (excluding diaryl/α,β-unsaturated/α-hetero) is 1. The lowest BCUT2D eigenvalue weighted by Crippen LogP contribution is -2.28. The van der Waals surface area contributed by atoms with Crippen LogP contribution in [0.3, 0.4) is 0 Å². The third kappa shape index (κ3) is 10.9. The largest absolute Gasteiger partial charge is 0.392 e. The highest BCUT2D eigenvalue weighted by molar-refractivity contribution is 7.89. The minimum atomic E-state index is -3.50. The van der Waals surface area contributed by atoms with Crippen LogP contribution in [0.15, 0.2) is 12.2 Å². The molecule has 0 heterocycles. The van der Waals surface area contributed by atoms with Gasteiger partial charge in [0.05, 0.1) is 18.5 Å². The third-order valence-corrected chi connectivity index (χ3v) is 5.97. The molecule has 1 rings (SSSR count). The highest BCUT2D eigenvalue weighted by Crippen LogP contribution is 2.34. The molecule has 0 unspecified atom stereocenters. The highest BCUT2D eigenvalue weighted by Gasteiger charge is 2.39. The number of carbonyl (C=O) groups is 2. The molecule has 1 fully saturated rings. The van der Waals surface area contributed by atoms with Crippen LogP contribution in [0.1, 0.15) is 77.6 Å². The van der Waals surface area contributed by atoms with Crippen molar-refractivity contribution in [3.05, 3.63) is 12.2 Å². The van der Waals surface area contributed by atoms with Gasteiger partial charge in [0.1, 0.15) is 5.78 Å². The Morgan fingerprint density at radius 2 is 1.90 bits per heavy atom. The molecule has 0 spiro atoms. The van der Waals surface area contributed by atoms with Crippen LogP contribution in [0, 0.1) is 11.8 Å². The predicted molar refractivity (Wildman–Crippen MR) is 113 cm³/mol. The van der Waals surface area contributed by atoms with E-state index in [2.05, 4.69) is 6.92 Å². The quantitative estimate of drug-likeness (QED) is 0.287. The second kappa shape index (κ2) is 13.1. The minimum absolute atomic E-state index is 0.0250. The van der Waals surface area contributed by atoms with E-state index in [1.54, 1.807) is 12.2 Å². The van der Waals surface area contributed by atoms with E-state index in [-0.39, 0.29) is 30.5 Å². The van der Waals surface area contributed by atoms with Gasteiger partial charge in [0.25, 0.3) is 0 Å². The molecule has 0 radical (unpaired) electrons. The Morgan fingerprint density at radius 1 is 1.21 bits per heavy atom. The van der Waals surface area contributed by atoms with Crippen LogP contribution in [-0.4, -0.2) is 48.8 Å². The Kier molecular flexibility index (Phi) is 11.7. The Bertz CT molecular complexity index is 646. The van der Waals surface area contributed by atoms with Gasteiger partial charge in [-0.1, -0.05) is 57.6 Å². The number of aliphatic hydroxyl groups excluding tert-OH is 2. The summed E-state index contributed by atoms with van der Waals surface area (Å²) >= 11 is 0. The summed E-state index contributed by atoms with van der Waals surface area (Å²) in [6, 6.07) is 0. The monoisotopic (exact) mass is 431 g/mol. The molecule has 4 atom stereocenters. The third-order valence-electron chi connectivity index (χ3n) is 5.37. The second-order valence-corrected chi connectivity index (χ2v) is 9.87. The zero-order valence-electron chi connectivity index (χ0n) is 17.7. The number of hydrogen-bond acceptors (Lipinski definition) is 6. The van der Waals surface area contributed by atoms with Crippen LogP contribution >= 0.6 is 0 Å². The molecule has 0 aromatic rings. The summed E-state index contributed by atoms with van der Waals surface area (Å²) in [5.41, 5.74) is 0. The number of allylic oxidation sites excluding steroid dienone is 1. The van der Waals surface area contributed by atoms with Gasteiger partial charge >= 0.3 is 0 Å². The number of carbonyl (C=O) groups excluding carboxylic acids is 2. The number of aliphatic hydroxyl groups is 2. The number of sulfonamides is 1. The van der Waals surface area contributed by atoms with E-state index in [0.29, 0.717) is 19.3 Å². The molecule has 168 valence electrons. The Hall–Kier alpha value is -1.25. The fourth-order valence-electron chi connectivity index (χ4n) is 3.82. The van der Waals surface area contributed by atoms with Crippen molar-refractivity contribution in [2.75, 3.05) is 6.26 Å². The number of unbranched alkanes of at least 4 members (excludes halogenated alkanes) is 5. The van der Waals surface area contributed by atoms with Crippen molar-refractivity contribution in [2.24, 2.45) is 11.8 Å². The first-order valence-electron chi connectivity index (χ1n) is 10.7. The van der Waals surface area contributed by atoms with E-state index < -0.39 is 28.1 Å². The number of rotatable bonds is 14. The van der Waals surface area contributed by atoms with Crippen molar-refractivity contribution in [3.8, 4) is 0 Å². The smallest absolute Gasteiger partial charge is 0.233 e. The molecule has 1 amide bonds. The standard InChI is InChI=1S/C21H37NO6S/c1-3-4-7-10-16(23)13-14-18-17(19(24)15-20(18)25)11-8-5-6-9-12-21(26)22-29(2,27)28/h13-14,16-19,23-24H,3-12,15H2,1-2H3,(H,22,26)/b14-13+/t16-,17+,18+,19-/m0/s1. The summed E-state index contributed by atoms with van der Waals surface area (Å²) in [7, 11) is -3.50. The first kappa shape index (κ1) is 25.8. The number of amides is 1. The first-order chi connectivity index (χ1) is 13.6. The van der Waals surface area contributed by atoms with E-state index in [9.17, 15) is 28.2 Å². The van der Waals surface area contributed by atoms with Crippen LogP contribution in [0.5, 0.6) is 0 Å². The van der Waals surface area contributed by atoms with E-state index in [4.69, 9.17) is 0 Å². The summed E-state index contributed by atoms with van der Waals surface area (Å²) in [6.07, 6.45) is 11.1.